The first-order chi connectivity index (χ1) is 8.63. The van der Waals surface area contributed by atoms with Crippen molar-refractivity contribution in [2.24, 2.45) is 11.8 Å². The average Bonchev–Trinajstić information content (AvgIpc) is 2.37. The van der Waals surface area contributed by atoms with Crippen LogP contribution in [0.15, 0.2) is 22.6 Å². The van der Waals surface area contributed by atoms with E-state index in [9.17, 15) is 9.59 Å². The lowest BCUT2D eigenvalue weighted by atomic mass is 9.76. The van der Waals surface area contributed by atoms with Gasteiger partial charge in [-0.05, 0) is 19.8 Å². The van der Waals surface area contributed by atoms with Crippen molar-refractivity contribution in [2.75, 3.05) is 12.4 Å². The molecule has 3 aliphatic rings. The fourth-order valence-corrected chi connectivity index (χ4v) is 3.53. The Kier molecular flexibility index (Phi) is 4.11. The Morgan fingerprint density at radius 2 is 2.06 bits per heavy atom. The molecule has 2 atom stereocenters. The van der Waals surface area contributed by atoms with Crippen LogP contribution in [-0.4, -0.2) is 29.4 Å². The number of carboxylic acid groups (broad SMARTS) is 1. The van der Waals surface area contributed by atoms with Gasteiger partial charge >= 0.3 is 11.9 Å². The van der Waals surface area contributed by atoms with Gasteiger partial charge in [-0.3, -0.25) is 4.79 Å². The molecule has 2 unspecified atom stereocenters. The molecule has 0 amide bonds. The van der Waals surface area contributed by atoms with Crippen LogP contribution < -0.4 is 0 Å². The molecule has 3 rings (SSSR count). The topological polar surface area (TPSA) is 63.6 Å². The zero-order chi connectivity index (χ0) is 13.1. The van der Waals surface area contributed by atoms with E-state index in [0.29, 0.717) is 12.2 Å². The molecule has 5 heteroatoms. The van der Waals surface area contributed by atoms with Gasteiger partial charge in [-0.2, -0.15) is 0 Å². The average molecular weight is 268 g/mol. The summed E-state index contributed by atoms with van der Waals surface area (Å²) in [4.78, 5) is 23.5. The van der Waals surface area contributed by atoms with Gasteiger partial charge in [0.05, 0.1) is 17.9 Å². The molecule has 0 heterocycles. The second kappa shape index (κ2) is 5.61. The normalized spacial score (nSPS) is 25.4. The number of carboxylic acids is 1. The third-order valence-corrected chi connectivity index (χ3v) is 4.41. The molecule has 0 aromatic carbocycles. The summed E-state index contributed by atoms with van der Waals surface area (Å²) in [5.41, 5.74) is 0.682. The minimum absolute atomic E-state index is 0.00466. The van der Waals surface area contributed by atoms with E-state index in [1.165, 1.54) is 11.8 Å². The van der Waals surface area contributed by atoms with Crippen molar-refractivity contribution >= 4 is 23.7 Å². The van der Waals surface area contributed by atoms with Crippen LogP contribution in [0.1, 0.15) is 19.8 Å². The Bertz CT molecular complexity index is 425. The van der Waals surface area contributed by atoms with Gasteiger partial charge in [0.25, 0.3) is 0 Å². The molecule has 0 aliphatic heterocycles. The Morgan fingerprint density at radius 3 is 2.61 bits per heavy atom. The smallest absolute Gasteiger partial charge is 0.335 e. The van der Waals surface area contributed by atoms with E-state index in [-0.39, 0.29) is 23.6 Å². The molecule has 0 aromatic rings. The summed E-state index contributed by atoms with van der Waals surface area (Å²) in [6.45, 7) is 2.12. The predicted molar refractivity (Wildman–Crippen MR) is 69.1 cm³/mol. The number of ether oxygens (including phenoxy) is 1. The molecule has 2 bridgehead atoms. The summed E-state index contributed by atoms with van der Waals surface area (Å²) in [6.07, 6.45) is 6.07. The molecular formula is C13H16O4S. The molecule has 18 heavy (non-hydrogen) atoms. The molecule has 0 aromatic heterocycles. The number of rotatable bonds is 5. The molecular weight excluding hydrogens is 252 g/mol. The zero-order valence-corrected chi connectivity index (χ0v) is 11.0. The van der Waals surface area contributed by atoms with Crippen LogP contribution in [-0.2, 0) is 14.3 Å². The Labute approximate surface area is 110 Å². The summed E-state index contributed by atoms with van der Waals surface area (Å²) in [7, 11) is 0. The molecule has 98 valence electrons. The standard InChI is InChI=1S/C13H16O4S/c1-2-17-13(16)11-8-3-5-9(6-4-8)12(11)18-7-10(14)15/h3,5,8-9H,2,4,6-7H2,1H3,(H,14,15). The number of thioether (sulfide) groups is 1. The largest absolute Gasteiger partial charge is 0.481 e. The number of carbonyl (C=O) groups is 2. The third-order valence-electron chi connectivity index (χ3n) is 3.18. The van der Waals surface area contributed by atoms with E-state index in [4.69, 9.17) is 9.84 Å². The highest BCUT2D eigenvalue weighted by Gasteiger charge is 2.36. The Hall–Kier alpha value is -1.23. The van der Waals surface area contributed by atoms with E-state index in [1.54, 1.807) is 6.92 Å². The van der Waals surface area contributed by atoms with Gasteiger partial charge in [0.1, 0.15) is 0 Å². The maximum Gasteiger partial charge on any atom is 0.335 e. The highest BCUT2D eigenvalue weighted by molar-refractivity contribution is 8.03. The quantitative estimate of drug-likeness (QED) is 0.612. The zero-order valence-electron chi connectivity index (χ0n) is 10.2. The molecule has 0 saturated carbocycles. The molecule has 1 N–H and O–H groups in total. The fourth-order valence-electron chi connectivity index (χ4n) is 2.45. The van der Waals surface area contributed by atoms with E-state index in [1.807, 2.05) is 6.08 Å². The molecule has 0 saturated heterocycles. The number of esters is 1. The van der Waals surface area contributed by atoms with Gasteiger partial charge in [0, 0.05) is 16.7 Å². The number of fused-ring (bicyclic) bond motifs is 1. The second-order valence-corrected chi connectivity index (χ2v) is 5.37. The van der Waals surface area contributed by atoms with Crippen molar-refractivity contribution in [1.29, 1.82) is 0 Å². The minimum Gasteiger partial charge on any atom is -0.481 e. The lowest BCUT2D eigenvalue weighted by Gasteiger charge is -2.34. The van der Waals surface area contributed by atoms with Crippen LogP contribution >= 0.6 is 11.8 Å². The first-order valence-corrected chi connectivity index (χ1v) is 7.06. The number of allylic oxidation sites excluding steroid dienone is 3. The van der Waals surface area contributed by atoms with Crippen molar-refractivity contribution in [3.8, 4) is 0 Å². The SMILES string of the molecule is CCOC(=O)C1=C(SCC(=O)O)C2C=CC1CC2. The van der Waals surface area contributed by atoms with Crippen LogP contribution in [0.25, 0.3) is 0 Å². The summed E-state index contributed by atoms with van der Waals surface area (Å²) < 4.78 is 5.08. The van der Waals surface area contributed by atoms with Gasteiger partial charge in [-0.1, -0.05) is 12.2 Å². The van der Waals surface area contributed by atoms with Crippen LogP contribution in [0, 0.1) is 11.8 Å². The van der Waals surface area contributed by atoms with E-state index in [2.05, 4.69) is 6.08 Å². The highest BCUT2D eigenvalue weighted by atomic mass is 32.2. The first kappa shape index (κ1) is 13.2. The number of hydrogen-bond acceptors (Lipinski definition) is 4. The molecule has 0 spiro atoms. The predicted octanol–water partition coefficient (Wildman–Crippen LogP) is 2.22. The maximum absolute atomic E-state index is 12.0. The number of aliphatic carboxylic acids is 1. The molecule has 0 fully saturated rings. The first-order valence-electron chi connectivity index (χ1n) is 6.07. The number of hydrogen-bond donors (Lipinski definition) is 1. The monoisotopic (exact) mass is 268 g/mol. The lowest BCUT2D eigenvalue weighted by molar-refractivity contribution is -0.139. The van der Waals surface area contributed by atoms with Gasteiger partial charge < -0.3 is 9.84 Å². The molecule has 4 nitrogen and oxygen atoms in total. The van der Waals surface area contributed by atoms with Crippen LogP contribution in [0.4, 0.5) is 0 Å². The van der Waals surface area contributed by atoms with Crippen molar-refractivity contribution in [3.05, 3.63) is 22.6 Å². The minimum atomic E-state index is -0.860. The summed E-state index contributed by atoms with van der Waals surface area (Å²) in [5, 5.41) is 8.76. The summed E-state index contributed by atoms with van der Waals surface area (Å²) >= 11 is 1.26. The van der Waals surface area contributed by atoms with Crippen molar-refractivity contribution in [2.45, 2.75) is 19.8 Å². The Morgan fingerprint density at radius 1 is 1.39 bits per heavy atom. The van der Waals surface area contributed by atoms with Gasteiger partial charge in [0.15, 0.2) is 0 Å². The van der Waals surface area contributed by atoms with Gasteiger partial charge in [0.2, 0.25) is 0 Å². The fraction of sp³-hybridized carbons (Fsp3) is 0.538. The van der Waals surface area contributed by atoms with Crippen LogP contribution in [0.5, 0.6) is 0 Å². The lowest BCUT2D eigenvalue weighted by Crippen LogP contribution is -2.27. The van der Waals surface area contributed by atoms with Gasteiger partial charge in [-0.15, -0.1) is 11.8 Å². The van der Waals surface area contributed by atoms with Gasteiger partial charge in [-0.25, -0.2) is 4.79 Å². The third kappa shape index (κ3) is 2.61. The van der Waals surface area contributed by atoms with E-state index >= 15 is 0 Å². The van der Waals surface area contributed by atoms with Crippen molar-refractivity contribution < 1.29 is 19.4 Å². The maximum atomic E-state index is 12.0. The van der Waals surface area contributed by atoms with Crippen molar-refractivity contribution in [3.63, 3.8) is 0 Å². The van der Waals surface area contributed by atoms with E-state index in [0.717, 1.165) is 17.7 Å². The molecule has 0 radical (unpaired) electrons. The van der Waals surface area contributed by atoms with Crippen LogP contribution in [0.2, 0.25) is 0 Å². The van der Waals surface area contributed by atoms with Crippen molar-refractivity contribution in [1.82, 2.24) is 0 Å². The van der Waals surface area contributed by atoms with Crippen LogP contribution in [0.3, 0.4) is 0 Å². The Balaban J connectivity index is 2.23. The number of carbonyl (C=O) groups excluding carboxylic acids is 1. The highest BCUT2D eigenvalue weighted by Crippen LogP contribution is 2.45. The summed E-state index contributed by atoms with van der Waals surface area (Å²) in [6, 6.07) is 0. The summed E-state index contributed by atoms with van der Waals surface area (Å²) in [5.74, 6) is -0.857. The van der Waals surface area contributed by atoms with E-state index < -0.39 is 5.97 Å². The second-order valence-electron chi connectivity index (χ2n) is 4.36. The molecule has 3 aliphatic carbocycles.